The van der Waals surface area contributed by atoms with Gasteiger partial charge in [-0.25, -0.2) is 4.79 Å². The number of nitrogens with zero attached hydrogens (tertiary/aromatic N) is 1. The van der Waals surface area contributed by atoms with E-state index < -0.39 is 27.9 Å². The first kappa shape index (κ1) is 19.9. The van der Waals surface area contributed by atoms with Crippen molar-refractivity contribution in [1.29, 1.82) is 5.26 Å². The molecule has 0 bridgehead atoms. The lowest BCUT2D eigenvalue weighted by Crippen LogP contribution is -2.41. The third kappa shape index (κ3) is 6.98. The van der Waals surface area contributed by atoms with Crippen molar-refractivity contribution >= 4 is 16.2 Å². The van der Waals surface area contributed by atoms with Gasteiger partial charge in [-0.3, -0.25) is 4.18 Å². The van der Waals surface area contributed by atoms with Gasteiger partial charge in [-0.05, 0) is 39.8 Å². The normalized spacial score (nSPS) is 13.0. The Bertz CT molecular complexity index is 699. The molecule has 0 aromatic heterocycles. The van der Waals surface area contributed by atoms with Gasteiger partial charge in [-0.15, -0.1) is 0 Å². The van der Waals surface area contributed by atoms with E-state index in [1.165, 1.54) is 12.1 Å². The molecule has 0 aliphatic rings. The number of benzene rings is 1. The number of aryl methyl sites for hydroxylation is 1. The highest BCUT2D eigenvalue weighted by Gasteiger charge is 2.22. The lowest BCUT2D eigenvalue weighted by molar-refractivity contribution is 0.0489. The average molecular weight is 354 g/mol. The third-order valence-corrected chi connectivity index (χ3v) is 4.09. The summed E-state index contributed by atoms with van der Waals surface area (Å²) in [5, 5.41) is 11.2. The number of carbonyl (C=O) groups excluding carboxylic acids is 1. The maximum absolute atomic E-state index is 12.1. The van der Waals surface area contributed by atoms with Gasteiger partial charge in [0.05, 0.1) is 30.0 Å². The van der Waals surface area contributed by atoms with E-state index in [4.69, 9.17) is 14.2 Å². The molecule has 24 heavy (non-hydrogen) atoms. The maximum Gasteiger partial charge on any atom is 0.407 e. The Morgan fingerprint density at radius 2 is 1.88 bits per heavy atom. The minimum absolute atomic E-state index is 0.0149. The van der Waals surface area contributed by atoms with E-state index in [-0.39, 0.29) is 17.9 Å². The summed E-state index contributed by atoms with van der Waals surface area (Å²) in [6.07, 6.45) is -0.845. The van der Waals surface area contributed by atoms with Gasteiger partial charge in [-0.2, -0.15) is 13.7 Å². The highest BCUT2D eigenvalue weighted by molar-refractivity contribution is 7.86. The molecular formula is C16H22N2O5S. The molecule has 1 N–H and O–H groups in total. The van der Waals surface area contributed by atoms with Gasteiger partial charge in [0, 0.05) is 0 Å². The van der Waals surface area contributed by atoms with Gasteiger partial charge in [0.1, 0.15) is 5.60 Å². The number of alkyl carbamates (subject to hydrolysis) is 1. The first-order valence-electron chi connectivity index (χ1n) is 7.36. The first-order valence-corrected chi connectivity index (χ1v) is 8.77. The van der Waals surface area contributed by atoms with Crippen LogP contribution in [0.2, 0.25) is 0 Å². The van der Waals surface area contributed by atoms with Crippen molar-refractivity contribution in [2.75, 3.05) is 6.61 Å². The zero-order valence-electron chi connectivity index (χ0n) is 14.2. The fourth-order valence-corrected chi connectivity index (χ4v) is 2.63. The van der Waals surface area contributed by atoms with E-state index in [1.807, 2.05) is 13.0 Å². The molecule has 132 valence electrons. The quantitative estimate of drug-likeness (QED) is 0.787. The van der Waals surface area contributed by atoms with Gasteiger partial charge in [-0.1, -0.05) is 17.7 Å². The predicted molar refractivity (Wildman–Crippen MR) is 87.7 cm³/mol. The predicted octanol–water partition coefficient (Wildman–Crippen LogP) is 2.51. The molecule has 0 aliphatic carbocycles. The van der Waals surface area contributed by atoms with E-state index in [0.29, 0.717) is 0 Å². The monoisotopic (exact) mass is 354 g/mol. The van der Waals surface area contributed by atoms with Gasteiger partial charge in [0.25, 0.3) is 10.1 Å². The largest absolute Gasteiger partial charge is 0.444 e. The van der Waals surface area contributed by atoms with E-state index in [2.05, 4.69) is 5.32 Å². The molecule has 0 fully saturated rings. The minimum Gasteiger partial charge on any atom is -0.444 e. The molecule has 1 aromatic carbocycles. The van der Waals surface area contributed by atoms with E-state index >= 15 is 0 Å². The first-order chi connectivity index (χ1) is 11.0. The van der Waals surface area contributed by atoms with Crippen LogP contribution in [0.5, 0.6) is 0 Å². The lowest BCUT2D eigenvalue weighted by atomic mass is 10.2. The third-order valence-electron chi connectivity index (χ3n) is 2.79. The SMILES string of the molecule is Cc1ccc(S(=O)(=O)OC[C@@H](CC#N)NC(=O)OC(C)(C)C)cc1. The Kier molecular flexibility index (Phi) is 6.75. The summed E-state index contributed by atoms with van der Waals surface area (Å²) in [5.74, 6) is 0. The molecule has 0 saturated heterocycles. The molecule has 0 radical (unpaired) electrons. The number of ether oxygens (including phenoxy) is 1. The number of hydrogen-bond acceptors (Lipinski definition) is 6. The van der Waals surface area contributed by atoms with E-state index in [9.17, 15) is 13.2 Å². The second-order valence-electron chi connectivity index (χ2n) is 6.26. The zero-order valence-corrected chi connectivity index (χ0v) is 15.0. The van der Waals surface area contributed by atoms with Gasteiger partial charge in [0.15, 0.2) is 0 Å². The summed E-state index contributed by atoms with van der Waals surface area (Å²) in [6.45, 7) is 6.58. The number of rotatable bonds is 6. The number of nitrogens with one attached hydrogen (secondary N) is 1. The van der Waals surface area contributed by atoms with Crippen LogP contribution in [0.4, 0.5) is 4.79 Å². The average Bonchev–Trinajstić information content (AvgIpc) is 2.43. The Labute approximate surface area is 142 Å². The minimum atomic E-state index is -3.96. The van der Waals surface area contributed by atoms with Crippen LogP contribution in [0.15, 0.2) is 29.2 Å². The van der Waals surface area contributed by atoms with Crippen molar-refractivity contribution in [3.8, 4) is 6.07 Å². The molecule has 0 aliphatic heterocycles. The summed E-state index contributed by atoms with van der Waals surface area (Å²) < 4.78 is 34.3. The number of amides is 1. The Balaban J connectivity index is 2.70. The van der Waals surface area contributed by atoms with Crippen LogP contribution in [-0.4, -0.2) is 32.8 Å². The van der Waals surface area contributed by atoms with E-state index in [1.54, 1.807) is 32.9 Å². The van der Waals surface area contributed by atoms with Crippen LogP contribution in [0.1, 0.15) is 32.8 Å². The molecule has 1 aromatic rings. The molecule has 0 spiro atoms. The fraction of sp³-hybridized carbons (Fsp3) is 0.500. The second kappa shape index (κ2) is 8.13. The number of carbonyl (C=O) groups is 1. The summed E-state index contributed by atoms with van der Waals surface area (Å²) in [4.78, 5) is 11.7. The maximum atomic E-state index is 12.1. The summed E-state index contributed by atoms with van der Waals surface area (Å²) in [6, 6.07) is 7.25. The standard InChI is InChI=1S/C16H22N2O5S/c1-12-5-7-14(8-6-12)24(20,21)22-11-13(9-10-17)18-15(19)23-16(2,3)4/h5-8,13H,9,11H2,1-4H3,(H,18,19)/t13-/m1/s1. The van der Waals surface area contributed by atoms with Crippen LogP contribution < -0.4 is 5.32 Å². The lowest BCUT2D eigenvalue weighted by Gasteiger charge is -2.22. The zero-order chi connectivity index (χ0) is 18.4. The van der Waals surface area contributed by atoms with Gasteiger partial charge >= 0.3 is 6.09 Å². The van der Waals surface area contributed by atoms with Gasteiger partial charge in [0.2, 0.25) is 0 Å². The fourth-order valence-electron chi connectivity index (χ4n) is 1.68. The van der Waals surface area contributed by atoms with Crippen molar-refractivity contribution in [2.45, 2.75) is 50.7 Å². The Hall–Kier alpha value is -2.11. The molecule has 0 unspecified atom stereocenters. The Morgan fingerprint density at radius 3 is 2.38 bits per heavy atom. The number of hydrogen-bond donors (Lipinski definition) is 1. The summed E-state index contributed by atoms with van der Waals surface area (Å²) in [5.41, 5.74) is 0.221. The van der Waals surface area contributed by atoms with Crippen LogP contribution in [0, 0.1) is 18.3 Å². The van der Waals surface area contributed by atoms with E-state index in [0.717, 1.165) is 5.56 Å². The molecular weight excluding hydrogens is 332 g/mol. The van der Waals surface area contributed by atoms with Crippen molar-refractivity contribution < 1.29 is 22.1 Å². The van der Waals surface area contributed by atoms with Crippen LogP contribution in [0.3, 0.4) is 0 Å². The smallest absolute Gasteiger partial charge is 0.407 e. The molecule has 7 nitrogen and oxygen atoms in total. The molecule has 0 saturated carbocycles. The molecule has 0 heterocycles. The summed E-state index contributed by atoms with van der Waals surface area (Å²) in [7, 11) is -3.96. The van der Waals surface area contributed by atoms with Crippen molar-refractivity contribution in [1.82, 2.24) is 5.32 Å². The van der Waals surface area contributed by atoms with Crippen molar-refractivity contribution in [2.24, 2.45) is 0 Å². The van der Waals surface area contributed by atoms with Crippen LogP contribution in [0.25, 0.3) is 0 Å². The van der Waals surface area contributed by atoms with Crippen LogP contribution >= 0.6 is 0 Å². The summed E-state index contributed by atoms with van der Waals surface area (Å²) >= 11 is 0. The molecule has 8 heteroatoms. The molecule has 1 rings (SSSR count). The molecule has 1 amide bonds. The number of nitriles is 1. The highest BCUT2D eigenvalue weighted by atomic mass is 32.2. The van der Waals surface area contributed by atoms with Gasteiger partial charge < -0.3 is 10.1 Å². The van der Waals surface area contributed by atoms with Crippen molar-refractivity contribution in [3.63, 3.8) is 0 Å². The van der Waals surface area contributed by atoms with Crippen LogP contribution in [-0.2, 0) is 19.0 Å². The van der Waals surface area contributed by atoms with Crippen molar-refractivity contribution in [3.05, 3.63) is 29.8 Å². The molecule has 1 atom stereocenters. The topological polar surface area (TPSA) is 105 Å². The second-order valence-corrected chi connectivity index (χ2v) is 7.87. The Morgan fingerprint density at radius 1 is 1.29 bits per heavy atom. The highest BCUT2D eigenvalue weighted by Crippen LogP contribution is 2.14.